The van der Waals surface area contributed by atoms with Crippen LogP contribution in [-0.2, 0) is 4.79 Å². The van der Waals surface area contributed by atoms with Gasteiger partial charge in [-0.2, -0.15) is 0 Å². The fourth-order valence-corrected chi connectivity index (χ4v) is 1.77. The van der Waals surface area contributed by atoms with E-state index in [-0.39, 0.29) is 17.9 Å². The van der Waals surface area contributed by atoms with Crippen molar-refractivity contribution >= 4 is 5.91 Å². The molecule has 100 valence electrons. The summed E-state index contributed by atoms with van der Waals surface area (Å²) in [7, 11) is 0. The Balaban J connectivity index is 2.43. The molecule has 1 rings (SSSR count). The van der Waals surface area contributed by atoms with Gasteiger partial charge in [0.05, 0.1) is 5.92 Å². The van der Waals surface area contributed by atoms with E-state index in [1.807, 2.05) is 37.3 Å². The summed E-state index contributed by atoms with van der Waals surface area (Å²) in [5.41, 5.74) is 12.5. The van der Waals surface area contributed by atoms with Gasteiger partial charge in [0.2, 0.25) is 5.91 Å². The van der Waals surface area contributed by atoms with Crippen LogP contribution in [-0.4, -0.2) is 19.0 Å². The van der Waals surface area contributed by atoms with E-state index in [0.717, 1.165) is 18.4 Å². The SMILES string of the molecule is CC(C(=O)NCCCCN)C(N)c1ccccc1. The van der Waals surface area contributed by atoms with E-state index in [9.17, 15) is 4.79 Å². The molecule has 2 atom stereocenters. The van der Waals surface area contributed by atoms with Gasteiger partial charge in [0.25, 0.3) is 0 Å². The van der Waals surface area contributed by atoms with Gasteiger partial charge in [0, 0.05) is 12.6 Å². The van der Waals surface area contributed by atoms with Crippen molar-refractivity contribution in [2.75, 3.05) is 13.1 Å². The Labute approximate surface area is 109 Å². The second kappa shape index (κ2) is 7.84. The quantitative estimate of drug-likeness (QED) is 0.635. The topological polar surface area (TPSA) is 81.1 Å². The molecular weight excluding hydrogens is 226 g/mol. The van der Waals surface area contributed by atoms with E-state index < -0.39 is 0 Å². The monoisotopic (exact) mass is 249 g/mol. The maximum Gasteiger partial charge on any atom is 0.224 e. The highest BCUT2D eigenvalue weighted by atomic mass is 16.1. The number of hydrogen-bond acceptors (Lipinski definition) is 3. The number of carbonyl (C=O) groups excluding carboxylic acids is 1. The van der Waals surface area contributed by atoms with Gasteiger partial charge < -0.3 is 16.8 Å². The van der Waals surface area contributed by atoms with E-state index in [0.29, 0.717) is 13.1 Å². The summed E-state index contributed by atoms with van der Waals surface area (Å²) in [6.07, 6.45) is 1.84. The molecule has 5 N–H and O–H groups in total. The number of rotatable bonds is 7. The molecule has 0 bridgehead atoms. The third-order valence-electron chi connectivity index (χ3n) is 3.07. The number of benzene rings is 1. The maximum atomic E-state index is 11.9. The maximum absolute atomic E-state index is 11.9. The molecule has 1 aromatic carbocycles. The van der Waals surface area contributed by atoms with Crippen LogP contribution in [0.15, 0.2) is 30.3 Å². The minimum absolute atomic E-state index is 0.00312. The Morgan fingerprint density at radius 3 is 2.56 bits per heavy atom. The lowest BCUT2D eigenvalue weighted by molar-refractivity contribution is -0.125. The summed E-state index contributed by atoms with van der Waals surface area (Å²) in [5.74, 6) is -0.228. The van der Waals surface area contributed by atoms with Crippen LogP contribution < -0.4 is 16.8 Å². The molecule has 0 heterocycles. The van der Waals surface area contributed by atoms with Crippen LogP contribution >= 0.6 is 0 Å². The first kappa shape index (κ1) is 14.7. The van der Waals surface area contributed by atoms with Gasteiger partial charge >= 0.3 is 0 Å². The van der Waals surface area contributed by atoms with Crippen LogP contribution in [0.4, 0.5) is 0 Å². The molecule has 0 saturated carbocycles. The van der Waals surface area contributed by atoms with Crippen LogP contribution in [0.1, 0.15) is 31.4 Å². The van der Waals surface area contributed by atoms with E-state index >= 15 is 0 Å². The summed E-state index contributed by atoms with van der Waals surface area (Å²) in [6.45, 7) is 3.19. The molecule has 2 unspecified atom stereocenters. The Hall–Kier alpha value is -1.39. The standard InChI is InChI=1S/C14H23N3O/c1-11(14(18)17-10-6-5-9-15)13(16)12-7-3-2-4-8-12/h2-4,7-8,11,13H,5-6,9-10,15-16H2,1H3,(H,17,18). The van der Waals surface area contributed by atoms with Gasteiger partial charge in [-0.15, -0.1) is 0 Å². The molecule has 0 aliphatic heterocycles. The van der Waals surface area contributed by atoms with E-state index in [1.54, 1.807) is 0 Å². The fraction of sp³-hybridized carbons (Fsp3) is 0.500. The van der Waals surface area contributed by atoms with Crippen molar-refractivity contribution in [1.29, 1.82) is 0 Å². The van der Waals surface area contributed by atoms with E-state index in [1.165, 1.54) is 0 Å². The predicted molar refractivity (Wildman–Crippen MR) is 73.8 cm³/mol. The third kappa shape index (κ3) is 4.47. The molecule has 0 radical (unpaired) electrons. The molecule has 0 aliphatic rings. The summed E-state index contributed by atoms with van der Waals surface area (Å²) in [6, 6.07) is 9.43. The third-order valence-corrected chi connectivity index (χ3v) is 3.07. The largest absolute Gasteiger partial charge is 0.356 e. The molecule has 0 fully saturated rings. The van der Waals surface area contributed by atoms with Gasteiger partial charge in [-0.25, -0.2) is 0 Å². The van der Waals surface area contributed by atoms with Crippen LogP contribution in [0.3, 0.4) is 0 Å². The van der Waals surface area contributed by atoms with Crippen LogP contribution in [0.5, 0.6) is 0 Å². The van der Waals surface area contributed by atoms with Crippen molar-refractivity contribution < 1.29 is 4.79 Å². The first-order chi connectivity index (χ1) is 8.66. The second-order valence-corrected chi connectivity index (χ2v) is 4.51. The molecule has 18 heavy (non-hydrogen) atoms. The van der Waals surface area contributed by atoms with Crippen molar-refractivity contribution in [2.45, 2.75) is 25.8 Å². The highest BCUT2D eigenvalue weighted by Gasteiger charge is 2.21. The molecule has 0 aliphatic carbocycles. The number of carbonyl (C=O) groups is 1. The Morgan fingerprint density at radius 1 is 1.28 bits per heavy atom. The number of nitrogens with two attached hydrogens (primary N) is 2. The van der Waals surface area contributed by atoms with Crippen molar-refractivity contribution in [1.82, 2.24) is 5.32 Å². The van der Waals surface area contributed by atoms with Crippen molar-refractivity contribution in [2.24, 2.45) is 17.4 Å². The Kier molecular flexibility index (Phi) is 6.39. The Morgan fingerprint density at radius 2 is 1.94 bits per heavy atom. The minimum Gasteiger partial charge on any atom is -0.356 e. The molecule has 0 spiro atoms. The molecule has 1 aromatic rings. The Bertz CT molecular complexity index is 353. The minimum atomic E-state index is -0.263. The number of amides is 1. The second-order valence-electron chi connectivity index (χ2n) is 4.51. The lowest BCUT2D eigenvalue weighted by Crippen LogP contribution is -2.36. The summed E-state index contributed by atoms with van der Waals surface area (Å²) in [4.78, 5) is 11.9. The molecule has 4 heteroatoms. The van der Waals surface area contributed by atoms with Crippen LogP contribution in [0.25, 0.3) is 0 Å². The van der Waals surface area contributed by atoms with Crippen LogP contribution in [0, 0.1) is 5.92 Å². The molecular formula is C14H23N3O. The number of hydrogen-bond donors (Lipinski definition) is 3. The van der Waals surface area contributed by atoms with Gasteiger partial charge in [0.15, 0.2) is 0 Å². The average Bonchev–Trinajstić information content (AvgIpc) is 2.42. The summed E-state index contributed by atoms with van der Waals surface area (Å²) in [5, 5.41) is 2.89. The zero-order chi connectivity index (χ0) is 13.4. The highest BCUT2D eigenvalue weighted by molar-refractivity contribution is 5.79. The lowest BCUT2D eigenvalue weighted by Gasteiger charge is -2.19. The zero-order valence-electron chi connectivity index (χ0n) is 10.9. The number of nitrogens with one attached hydrogen (secondary N) is 1. The highest BCUT2D eigenvalue weighted by Crippen LogP contribution is 2.18. The van der Waals surface area contributed by atoms with E-state index in [4.69, 9.17) is 11.5 Å². The fourth-order valence-electron chi connectivity index (χ4n) is 1.77. The van der Waals surface area contributed by atoms with Crippen molar-refractivity contribution in [3.05, 3.63) is 35.9 Å². The average molecular weight is 249 g/mol. The first-order valence-corrected chi connectivity index (χ1v) is 6.45. The predicted octanol–water partition coefficient (Wildman–Crippen LogP) is 1.18. The molecule has 0 saturated heterocycles. The van der Waals surface area contributed by atoms with Gasteiger partial charge in [0.1, 0.15) is 0 Å². The zero-order valence-corrected chi connectivity index (χ0v) is 10.9. The normalized spacial score (nSPS) is 13.9. The smallest absolute Gasteiger partial charge is 0.224 e. The van der Waals surface area contributed by atoms with E-state index in [2.05, 4.69) is 5.32 Å². The first-order valence-electron chi connectivity index (χ1n) is 6.45. The summed E-state index contributed by atoms with van der Waals surface area (Å²) < 4.78 is 0. The van der Waals surface area contributed by atoms with Crippen LogP contribution in [0.2, 0.25) is 0 Å². The molecule has 0 aromatic heterocycles. The van der Waals surface area contributed by atoms with Gasteiger partial charge in [-0.05, 0) is 24.9 Å². The molecule has 4 nitrogen and oxygen atoms in total. The molecule has 1 amide bonds. The summed E-state index contributed by atoms with van der Waals surface area (Å²) >= 11 is 0. The number of unbranched alkanes of at least 4 members (excludes halogenated alkanes) is 1. The van der Waals surface area contributed by atoms with Gasteiger partial charge in [-0.3, -0.25) is 4.79 Å². The van der Waals surface area contributed by atoms with Crippen molar-refractivity contribution in [3.8, 4) is 0 Å². The van der Waals surface area contributed by atoms with Crippen molar-refractivity contribution in [3.63, 3.8) is 0 Å². The lowest BCUT2D eigenvalue weighted by atomic mass is 9.94. The van der Waals surface area contributed by atoms with Gasteiger partial charge in [-0.1, -0.05) is 37.3 Å².